The third-order valence-corrected chi connectivity index (χ3v) is 6.59. The number of anilines is 2. The Bertz CT molecular complexity index is 1490. The van der Waals surface area contributed by atoms with Crippen molar-refractivity contribution in [1.29, 1.82) is 0 Å². The number of aliphatic hydroxyl groups excluding tert-OH is 1. The Morgan fingerprint density at radius 2 is 1.79 bits per heavy atom. The van der Waals surface area contributed by atoms with Crippen molar-refractivity contribution in [3.8, 4) is 11.6 Å². The number of ketones is 1. The summed E-state index contributed by atoms with van der Waals surface area (Å²) in [7, 11) is 0. The second-order valence-electron chi connectivity index (χ2n) is 9.16. The number of benzene rings is 2. The van der Waals surface area contributed by atoms with E-state index in [9.17, 15) is 19.1 Å². The summed E-state index contributed by atoms with van der Waals surface area (Å²) in [5.41, 5.74) is 1.45. The molecule has 0 atom stereocenters. The summed E-state index contributed by atoms with van der Waals surface area (Å²) < 4.78 is 20.2. The molecule has 1 aliphatic carbocycles. The van der Waals surface area contributed by atoms with Gasteiger partial charge in [-0.2, -0.15) is 0 Å². The molecule has 2 heterocycles. The molecule has 1 aliphatic rings. The van der Waals surface area contributed by atoms with Crippen LogP contribution in [-0.4, -0.2) is 31.5 Å². The molecule has 5 rings (SSSR count). The summed E-state index contributed by atoms with van der Waals surface area (Å²) in [5.74, 6) is 0.306. The van der Waals surface area contributed by atoms with Gasteiger partial charge in [0.25, 0.3) is 5.56 Å². The number of hydrogen-bond donors (Lipinski definition) is 2. The lowest BCUT2D eigenvalue weighted by Gasteiger charge is -2.29. The number of nitrogens with one attached hydrogen (secondary N) is 1. The summed E-state index contributed by atoms with van der Waals surface area (Å²) in [6.07, 6.45) is 2.88. The molecule has 0 saturated heterocycles. The number of aromatic nitrogens is 3. The Hall–Kier alpha value is -4.08. The fourth-order valence-corrected chi connectivity index (χ4v) is 4.26. The Morgan fingerprint density at radius 1 is 1.05 bits per heavy atom. The van der Waals surface area contributed by atoms with E-state index in [1.165, 1.54) is 22.9 Å². The second kappa shape index (κ2) is 11.1. The van der Waals surface area contributed by atoms with Crippen LogP contribution in [0.1, 0.15) is 24.0 Å². The minimum absolute atomic E-state index is 0.0342. The van der Waals surface area contributed by atoms with Gasteiger partial charge in [0.2, 0.25) is 11.8 Å². The molecule has 0 unspecified atom stereocenters. The molecule has 0 radical (unpaired) electrons. The Labute approximate surface area is 222 Å². The number of rotatable bonds is 9. The number of carbonyl (C=O) groups is 1. The molecule has 2 N–H and O–H groups in total. The predicted octanol–water partition coefficient (Wildman–Crippen LogP) is 4.90. The number of carbonyl (C=O) groups excluding carboxylic acids is 1. The first-order valence-electron chi connectivity index (χ1n) is 12.0. The van der Waals surface area contributed by atoms with Crippen molar-refractivity contribution in [3.05, 3.63) is 105 Å². The Kier molecular flexibility index (Phi) is 7.48. The fraction of sp³-hybridized carbons (Fsp3) is 0.214. The van der Waals surface area contributed by atoms with Crippen LogP contribution in [0.25, 0.3) is 0 Å². The maximum atomic E-state index is 13.5. The number of aliphatic hydroxyl groups is 1. The van der Waals surface area contributed by atoms with E-state index in [0.29, 0.717) is 40.8 Å². The molecule has 38 heavy (non-hydrogen) atoms. The van der Waals surface area contributed by atoms with Crippen molar-refractivity contribution < 1.29 is 19.0 Å². The lowest BCUT2D eigenvalue weighted by atomic mass is 9.78. The largest absolute Gasteiger partial charge is 0.439 e. The monoisotopic (exact) mass is 534 g/mol. The van der Waals surface area contributed by atoms with Gasteiger partial charge in [-0.1, -0.05) is 23.7 Å². The molecular weight excluding hydrogens is 511 g/mol. The molecule has 1 fully saturated rings. The summed E-state index contributed by atoms with van der Waals surface area (Å²) in [6.45, 7) is 0.215. The molecule has 8 nitrogen and oxygen atoms in total. The third-order valence-electron chi connectivity index (χ3n) is 6.34. The third kappa shape index (κ3) is 6.07. The Balaban J connectivity index is 1.38. The number of nitrogens with zero attached hydrogens (tertiary/aromatic N) is 3. The van der Waals surface area contributed by atoms with Crippen LogP contribution in [0.2, 0.25) is 5.02 Å². The smallest absolute Gasteiger partial charge is 0.258 e. The lowest BCUT2D eigenvalue weighted by Crippen LogP contribution is -2.36. The van der Waals surface area contributed by atoms with Gasteiger partial charge in [-0.05, 0) is 60.9 Å². The first-order valence-corrected chi connectivity index (χ1v) is 12.4. The zero-order chi connectivity index (χ0) is 26.6. The van der Waals surface area contributed by atoms with Crippen LogP contribution in [-0.2, 0) is 17.8 Å². The molecule has 194 valence electrons. The zero-order valence-electron chi connectivity index (χ0n) is 20.2. The molecule has 10 heteroatoms. The van der Waals surface area contributed by atoms with Gasteiger partial charge in [0.15, 0.2) is 0 Å². The van der Waals surface area contributed by atoms with Crippen LogP contribution < -0.4 is 15.6 Å². The van der Waals surface area contributed by atoms with Crippen molar-refractivity contribution in [2.45, 2.75) is 31.9 Å². The van der Waals surface area contributed by atoms with Crippen LogP contribution in [0.3, 0.4) is 0 Å². The topological polar surface area (TPSA) is 106 Å². The number of pyridine rings is 1. The average Bonchev–Trinajstić information content (AvgIpc) is 2.89. The standard InChI is InChI=1S/C28H24ClFN4O4/c29-20-3-1-17(2-4-20)16-34-27(37)19(13-25(36)18-11-23(35)12-18)14-32-28(34)33-22-6-8-24(9-7-22)38-26-10-5-21(30)15-31-26/h1-10,14-15,18,23,35H,11-13,16H2,(H,32,33). The molecule has 2 aromatic heterocycles. The number of Topliss-reactive ketones (excluding diaryl/α,β-unsaturated/α-hetero) is 1. The van der Waals surface area contributed by atoms with Gasteiger partial charge < -0.3 is 15.2 Å². The molecule has 0 aliphatic heterocycles. The van der Waals surface area contributed by atoms with E-state index in [1.807, 2.05) is 12.1 Å². The number of ether oxygens (including phenoxy) is 1. The van der Waals surface area contributed by atoms with Crippen molar-refractivity contribution in [2.75, 3.05) is 5.32 Å². The second-order valence-corrected chi connectivity index (χ2v) is 9.59. The van der Waals surface area contributed by atoms with E-state index < -0.39 is 11.9 Å². The summed E-state index contributed by atoms with van der Waals surface area (Å²) >= 11 is 6.02. The van der Waals surface area contributed by atoms with Gasteiger partial charge in [0.05, 0.1) is 18.8 Å². The van der Waals surface area contributed by atoms with E-state index in [0.717, 1.165) is 11.8 Å². The van der Waals surface area contributed by atoms with Crippen LogP contribution >= 0.6 is 11.6 Å². The highest BCUT2D eigenvalue weighted by Crippen LogP contribution is 2.29. The van der Waals surface area contributed by atoms with Crippen molar-refractivity contribution >= 4 is 29.0 Å². The fourth-order valence-electron chi connectivity index (χ4n) is 4.14. The SMILES string of the molecule is O=C(Cc1cnc(Nc2ccc(Oc3ccc(F)cn3)cc2)n(Cc2ccc(Cl)cc2)c1=O)C1CC(O)C1. The van der Waals surface area contributed by atoms with E-state index in [4.69, 9.17) is 16.3 Å². The number of hydrogen-bond acceptors (Lipinski definition) is 7. The van der Waals surface area contributed by atoms with Crippen LogP contribution in [0, 0.1) is 11.7 Å². The highest BCUT2D eigenvalue weighted by molar-refractivity contribution is 6.30. The highest BCUT2D eigenvalue weighted by Gasteiger charge is 2.33. The normalized spacial score (nSPS) is 16.5. The first kappa shape index (κ1) is 25.6. The van der Waals surface area contributed by atoms with E-state index in [-0.39, 0.29) is 36.1 Å². The highest BCUT2D eigenvalue weighted by atomic mass is 35.5. The quantitative estimate of drug-likeness (QED) is 0.314. The molecular formula is C28H24ClFN4O4. The van der Waals surface area contributed by atoms with Gasteiger partial charge in [-0.15, -0.1) is 0 Å². The minimum Gasteiger partial charge on any atom is -0.439 e. The van der Waals surface area contributed by atoms with Crippen molar-refractivity contribution in [3.63, 3.8) is 0 Å². The van der Waals surface area contributed by atoms with Gasteiger partial charge in [-0.25, -0.2) is 14.4 Å². The van der Waals surface area contributed by atoms with E-state index in [1.54, 1.807) is 36.4 Å². The van der Waals surface area contributed by atoms with Gasteiger partial charge in [-0.3, -0.25) is 14.2 Å². The van der Waals surface area contributed by atoms with Crippen LogP contribution in [0.4, 0.5) is 16.0 Å². The van der Waals surface area contributed by atoms with Gasteiger partial charge in [0.1, 0.15) is 17.3 Å². The lowest BCUT2D eigenvalue weighted by molar-refractivity contribution is -0.128. The van der Waals surface area contributed by atoms with E-state index >= 15 is 0 Å². The average molecular weight is 535 g/mol. The maximum absolute atomic E-state index is 13.5. The molecule has 4 aromatic rings. The summed E-state index contributed by atoms with van der Waals surface area (Å²) in [6, 6.07) is 16.7. The van der Waals surface area contributed by atoms with Crippen molar-refractivity contribution in [2.24, 2.45) is 5.92 Å². The van der Waals surface area contributed by atoms with Gasteiger partial charge >= 0.3 is 0 Å². The van der Waals surface area contributed by atoms with E-state index in [2.05, 4.69) is 15.3 Å². The van der Waals surface area contributed by atoms with Gasteiger partial charge in [0, 0.05) is 40.9 Å². The Morgan fingerprint density at radius 3 is 2.45 bits per heavy atom. The molecule has 2 aromatic carbocycles. The molecule has 1 saturated carbocycles. The number of halogens is 2. The van der Waals surface area contributed by atoms with Crippen LogP contribution in [0.5, 0.6) is 11.6 Å². The van der Waals surface area contributed by atoms with Crippen LogP contribution in [0.15, 0.2) is 77.9 Å². The zero-order valence-corrected chi connectivity index (χ0v) is 20.9. The minimum atomic E-state index is -0.453. The first-order chi connectivity index (χ1) is 18.3. The predicted molar refractivity (Wildman–Crippen MR) is 140 cm³/mol. The molecule has 0 amide bonds. The molecule has 0 spiro atoms. The summed E-state index contributed by atoms with van der Waals surface area (Å²) in [4.78, 5) is 34.4. The maximum Gasteiger partial charge on any atom is 0.258 e. The molecule has 0 bridgehead atoms. The summed E-state index contributed by atoms with van der Waals surface area (Å²) in [5, 5.41) is 13.3. The van der Waals surface area contributed by atoms with Crippen molar-refractivity contribution in [1.82, 2.24) is 14.5 Å².